The highest BCUT2D eigenvalue weighted by molar-refractivity contribution is 7.09. The fraction of sp³-hybridized carbons (Fsp3) is 0.692. The average molecular weight is 281 g/mol. The molecule has 1 amide bonds. The van der Waals surface area contributed by atoms with Crippen molar-refractivity contribution in [2.24, 2.45) is 11.7 Å². The standard InChI is InChI=1S/C13H19N3O2S/c14-5-12-15-11(8-19-12)13(17)16(10-1-2-10)6-9-3-4-18-7-9/h8-10H,1-7,14H2. The molecule has 1 aliphatic heterocycles. The van der Waals surface area contributed by atoms with Gasteiger partial charge in [0.1, 0.15) is 10.7 Å². The van der Waals surface area contributed by atoms with Gasteiger partial charge in [0.2, 0.25) is 0 Å². The van der Waals surface area contributed by atoms with Gasteiger partial charge >= 0.3 is 0 Å². The van der Waals surface area contributed by atoms with Gasteiger partial charge in [-0.15, -0.1) is 11.3 Å². The highest BCUT2D eigenvalue weighted by Gasteiger charge is 2.35. The van der Waals surface area contributed by atoms with Crippen LogP contribution in [-0.2, 0) is 11.3 Å². The van der Waals surface area contributed by atoms with E-state index < -0.39 is 0 Å². The number of nitrogens with two attached hydrogens (primary N) is 1. The van der Waals surface area contributed by atoms with Gasteiger partial charge in [0.25, 0.3) is 5.91 Å². The molecule has 0 aromatic carbocycles. The van der Waals surface area contributed by atoms with Crippen molar-refractivity contribution in [3.05, 3.63) is 16.1 Å². The zero-order valence-corrected chi connectivity index (χ0v) is 11.7. The number of ether oxygens (including phenoxy) is 1. The van der Waals surface area contributed by atoms with E-state index in [4.69, 9.17) is 10.5 Å². The van der Waals surface area contributed by atoms with Crippen molar-refractivity contribution in [1.29, 1.82) is 0 Å². The molecular formula is C13H19N3O2S. The van der Waals surface area contributed by atoms with Gasteiger partial charge in [0.15, 0.2) is 0 Å². The third-order valence-corrected chi connectivity index (χ3v) is 4.54. The zero-order valence-electron chi connectivity index (χ0n) is 10.9. The minimum absolute atomic E-state index is 0.0605. The summed E-state index contributed by atoms with van der Waals surface area (Å²) < 4.78 is 5.40. The van der Waals surface area contributed by atoms with Crippen LogP contribution < -0.4 is 5.73 Å². The first kappa shape index (κ1) is 13.0. The number of amides is 1. The molecule has 5 nitrogen and oxygen atoms in total. The molecule has 1 aromatic rings. The van der Waals surface area contributed by atoms with Gasteiger partial charge in [0, 0.05) is 37.0 Å². The van der Waals surface area contributed by atoms with Crippen LogP contribution in [0.3, 0.4) is 0 Å². The molecule has 6 heteroatoms. The average Bonchev–Trinajstić information content (AvgIpc) is 2.95. The Hall–Kier alpha value is -0.980. The van der Waals surface area contributed by atoms with E-state index >= 15 is 0 Å². The molecule has 3 rings (SSSR count). The highest BCUT2D eigenvalue weighted by Crippen LogP contribution is 2.30. The predicted octanol–water partition coefficient (Wildman–Crippen LogP) is 1.24. The Morgan fingerprint density at radius 1 is 1.53 bits per heavy atom. The number of hydrogen-bond acceptors (Lipinski definition) is 5. The van der Waals surface area contributed by atoms with Crippen LogP contribution in [0.2, 0.25) is 0 Å². The lowest BCUT2D eigenvalue weighted by molar-refractivity contribution is 0.0701. The van der Waals surface area contributed by atoms with Gasteiger partial charge in [-0.05, 0) is 19.3 Å². The van der Waals surface area contributed by atoms with E-state index in [9.17, 15) is 4.79 Å². The molecule has 2 fully saturated rings. The summed E-state index contributed by atoms with van der Waals surface area (Å²) in [7, 11) is 0. The summed E-state index contributed by atoms with van der Waals surface area (Å²) in [6.07, 6.45) is 3.29. The molecule has 0 spiro atoms. The second-order valence-corrected chi connectivity index (χ2v) is 6.19. The second kappa shape index (κ2) is 5.56. The molecule has 1 saturated carbocycles. The van der Waals surface area contributed by atoms with Gasteiger partial charge in [0.05, 0.1) is 6.61 Å². The summed E-state index contributed by atoms with van der Waals surface area (Å²) in [6, 6.07) is 0.413. The normalized spacial score (nSPS) is 22.7. The molecule has 0 radical (unpaired) electrons. The minimum Gasteiger partial charge on any atom is -0.381 e. The van der Waals surface area contributed by atoms with Crippen LogP contribution >= 0.6 is 11.3 Å². The monoisotopic (exact) mass is 281 g/mol. The first-order chi connectivity index (χ1) is 9.28. The smallest absolute Gasteiger partial charge is 0.273 e. The molecule has 2 heterocycles. The number of carbonyl (C=O) groups is 1. The summed E-state index contributed by atoms with van der Waals surface area (Å²) in [6.45, 7) is 2.81. The van der Waals surface area contributed by atoms with Gasteiger partial charge in [-0.2, -0.15) is 0 Å². The minimum atomic E-state index is 0.0605. The third kappa shape index (κ3) is 2.96. The molecule has 104 valence electrons. The summed E-state index contributed by atoms with van der Waals surface area (Å²) >= 11 is 1.46. The predicted molar refractivity (Wildman–Crippen MR) is 73.0 cm³/mol. The van der Waals surface area contributed by atoms with Gasteiger partial charge in [-0.1, -0.05) is 0 Å². The Labute approximate surface area is 116 Å². The van der Waals surface area contributed by atoms with Gasteiger partial charge in [-0.3, -0.25) is 4.79 Å². The fourth-order valence-electron chi connectivity index (χ4n) is 2.44. The van der Waals surface area contributed by atoms with Crippen molar-refractivity contribution >= 4 is 17.2 Å². The Balaban J connectivity index is 1.69. The van der Waals surface area contributed by atoms with E-state index in [0.717, 1.165) is 44.0 Å². The van der Waals surface area contributed by atoms with Crippen LogP contribution in [0.25, 0.3) is 0 Å². The van der Waals surface area contributed by atoms with Crippen LogP contribution in [0.5, 0.6) is 0 Å². The first-order valence-corrected chi connectivity index (χ1v) is 7.69. The van der Waals surface area contributed by atoms with E-state index in [-0.39, 0.29) is 5.91 Å². The molecule has 1 aliphatic carbocycles. The number of nitrogens with zero attached hydrogens (tertiary/aromatic N) is 2. The Morgan fingerprint density at radius 3 is 2.95 bits per heavy atom. The summed E-state index contributed by atoms with van der Waals surface area (Å²) in [4.78, 5) is 18.8. The SMILES string of the molecule is NCc1nc(C(=O)N(CC2CCOC2)C2CC2)cs1. The second-order valence-electron chi connectivity index (χ2n) is 5.25. The number of rotatable bonds is 5. The molecule has 2 N–H and O–H groups in total. The van der Waals surface area contributed by atoms with Crippen molar-refractivity contribution in [3.8, 4) is 0 Å². The lowest BCUT2D eigenvalue weighted by Gasteiger charge is -2.24. The maximum absolute atomic E-state index is 12.5. The van der Waals surface area contributed by atoms with Crippen LogP contribution in [-0.4, -0.2) is 41.6 Å². The van der Waals surface area contributed by atoms with Crippen molar-refractivity contribution < 1.29 is 9.53 Å². The number of thiazole rings is 1. The first-order valence-electron chi connectivity index (χ1n) is 6.81. The van der Waals surface area contributed by atoms with E-state index in [0.29, 0.717) is 24.2 Å². The van der Waals surface area contributed by atoms with E-state index in [1.165, 1.54) is 11.3 Å². The Morgan fingerprint density at radius 2 is 2.37 bits per heavy atom. The third-order valence-electron chi connectivity index (χ3n) is 3.67. The van der Waals surface area contributed by atoms with Crippen molar-refractivity contribution in [1.82, 2.24) is 9.88 Å². The molecule has 0 bridgehead atoms. The van der Waals surface area contributed by atoms with Crippen LogP contribution in [0.1, 0.15) is 34.8 Å². The Kier molecular flexibility index (Phi) is 3.81. The number of hydrogen-bond donors (Lipinski definition) is 1. The number of carbonyl (C=O) groups excluding carboxylic acids is 1. The summed E-state index contributed by atoms with van der Waals surface area (Å²) in [5.41, 5.74) is 6.10. The topological polar surface area (TPSA) is 68.5 Å². The van der Waals surface area contributed by atoms with E-state index in [2.05, 4.69) is 4.98 Å². The maximum Gasteiger partial charge on any atom is 0.273 e. The van der Waals surface area contributed by atoms with Crippen molar-refractivity contribution in [3.63, 3.8) is 0 Å². The zero-order chi connectivity index (χ0) is 13.2. The lowest BCUT2D eigenvalue weighted by Crippen LogP contribution is -2.37. The maximum atomic E-state index is 12.5. The molecule has 1 unspecified atom stereocenters. The van der Waals surface area contributed by atoms with Crippen LogP contribution in [0, 0.1) is 5.92 Å². The quantitative estimate of drug-likeness (QED) is 0.882. The summed E-state index contributed by atoms with van der Waals surface area (Å²) in [5, 5.41) is 2.65. The lowest BCUT2D eigenvalue weighted by atomic mass is 10.1. The molecule has 19 heavy (non-hydrogen) atoms. The highest BCUT2D eigenvalue weighted by atomic mass is 32.1. The van der Waals surface area contributed by atoms with E-state index in [1.54, 1.807) is 0 Å². The molecule has 2 aliphatic rings. The fourth-order valence-corrected chi connectivity index (χ4v) is 3.09. The number of aromatic nitrogens is 1. The molecule has 1 aromatic heterocycles. The van der Waals surface area contributed by atoms with Crippen molar-refractivity contribution in [2.45, 2.75) is 31.8 Å². The largest absolute Gasteiger partial charge is 0.381 e. The van der Waals surface area contributed by atoms with E-state index in [1.807, 2.05) is 10.3 Å². The molecular weight excluding hydrogens is 262 g/mol. The van der Waals surface area contributed by atoms with Crippen LogP contribution in [0.4, 0.5) is 0 Å². The molecule has 1 saturated heterocycles. The Bertz CT molecular complexity index is 452. The molecule has 1 atom stereocenters. The van der Waals surface area contributed by atoms with Gasteiger partial charge < -0.3 is 15.4 Å². The summed E-state index contributed by atoms with van der Waals surface area (Å²) in [5.74, 6) is 0.544. The van der Waals surface area contributed by atoms with Gasteiger partial charge in [-0.25, -0.2) is 4.98 Å². The van der Waals surface area contributed by atoms with Crippen LogP contribution in [0.15, 0.2) is 5.38 Å². The van der Waals surface area contributed by atoms with Crippen molar-refractivity contribution in [2.75, 3.05) is 19.8 Å².